The summed E-state index contributed by atoms with van der Waals surface area (Å²) in [6, 6.07) is 7.82. The van der Waals surface area contributed by atoms with E-state index in [0.29, 0.717) is 18.5 Å². The maximum absolute atomic E-state index is 12.9. The Morgan fingerprint density at radius 2 is 1.83 bits per heavy atom. The number of thiophene rings is 1. The van der Waals surface area contributed by atoms with E-state index in [-0.39, 0.29) is 0 Å². The second-order valence-electron chi connectivity index (χ2n) is 4.22. The van der Waals surface area contributed by atoms with Crippen molar-refractivity contribution >= 4 is 11.3 Å². The van der Waals surface area contributed by atoms with E-state index >= 15 is 0 Å². The fourth-order valence-corrected chi connectivity index (χ4v) is 2.64. The van der Waals surface area contributed by atoms with Gasteiger partial charge >= 0.3 is 0 Å². The van der Waals surface area contributed by atoms with Gasteiger partial charge in [-0.2, -0.15) is 0 Å². The van der Waals surface area contributed by atoms with Gasteiger partial charge in [0.05, 0.1) is 0 Å². The summed E-state index contributed by atoms with van der Waals surface area (Å²) < 4.78 is 25.9. The number of hydrogen-bond donors (Lipinski definition) is 1. The molecule has 0 saturated heterocycles. The second kappa shape index (κ2) is 6.07. The highest BCUT2D eigenvalue weighted by Gasteiger charge is 2.01. The molecule has 1 aromatic carbocycles. The predicted molar refractivity (Wildman–Crippen MR) is 70.8 cm³/mol. The fourth-order valence-electron chi connectivity index (χ4n) is 1.78. The molecule has 2 rings (SSSR count). The number of aryl methyl sites for hydroxylation is 1. The zero-order valence-corrected chi connectivity index (χ0v) is 11.0. The summed E-state index contributed by atoms with van der Waals surface area (Å²) >= 11 is 1.76. The standard InChI is InChI=1S/C14H15F2NS/c1-10-2-3-14(18-10)9-17-5-4-11-6-12(15)8-13(16)7-11/h2-3,6-8,17H,4-5,9H2,1H3. The van der Waals surface area contributed by atoms with Gasteiger partial charge in [-0.05, 0) is 49.7 Å². The molecule has 0 unspecified atom stereocenters. The van der Waals surface area contributed by atoms with Crippen LogP contribution in [0.3, 0.4) is 0 Å². The average molecular weight is 267 g/mol. The van der Waals surface area contributed by atoms with Crippen LogP contribution in [0.4, 0.5) is 8.78 Å². The summed E-state index contributed by atoms with van der Waals surface area (Å²) in [7, 11) is 0. The Hall–Kier alpha value is -1.26. The SMILES string of the molecule is Cc1ccc(CNCCc2cc(F)cc(F)c2)s1. The van der Waals surface area contributed by atoms with Gasteiger partial charge in [0.1, 0.15) is 11.6 Å². The molecule has 0 aliphatic carbocycles. The van der Waals surface area contributed by atoms with Gasteiger partial charge in [-0.25, -0.2) is 8.78 Å². The molecule has 0 amide bonds. The zero-order valence-electron chi connectivity index (χ0n) is 10.2. The van der Waals surface area contributed by atoms with Gasteiger partial charge in [0.25, 0.3) is 0 Å². The lowest BCUT2D eigenvalue weighted by Crippen LogP contribution is -2.16. The molecule has 18 heavy (non-hydrogen) atoms. The van der Waals surface area contributed by atoms with Crippen molar-refractivity contribution in [2.24, 2.45) is 0 Å². The maximum atomic E-state index is 12.9. The quantitative estimate of drug-likeness (QED) is 0.815. The van der Waals surface area contributed by atoms with Crippen LogP contribution in [0.1, 0.15) is 15.3 Å². The molecule has 4 heteroatoms. The first-order chi connectivity index (χ1) is 8.63. The lowest BCUT2D eigenvalue weighted by molar-refractivity contribution is 0.577. The topological polar surface area (TPSA) is 12.0 Å². The maximum Gasteiger partial charge on any atom is 0.126 e. The van der Waals surface area contributed by atoms with Crippen LogP contribution in [0.2, 0.25) is 0 Å². The van der Waals surface area contributed by atoms with Crippen molar-refractivity contribution in [1.29, 1.82) is 0 Å². The van der Waals surface area contributed by atoms with Crippen molar-refractivity contribution in [2.75, 3.05) is 6.54 Å². The van der Waals surface area contributed by atoms with E-state index < -0.39 is 11.6 Å². The van der Waals surface area contributed by atoms with Crippen molar-refractivity contribution in [1.82, 2.24) is 5.32 Å². The third-order valence-electron chi connectivity index (χ3n) is 2.61. The Kier molecular flexibility index (Phi) is 4.44. The third-order valence-corrected chi connectivity index (χ3v) is 3.61. The predicted octanol–water partition coefficient (Wildman–Crippen LogP) is 3.67. The van der Waals surface area contributed by atoms with E-state index in [1.807, 2.05) is 0 Å². The Morgan fingerprint density at radius 3 is 2.44 bits per heavy atom. The number of benzene rings is 1. The van der Waals surface area contributed by atoms with Crippen molar-refractivity contribution in [3.8, 4) is 0 Å². The summed E-state index contributed by atoms with van der Waals surface area (Å²) in [5.41, 5.74) is 0.683. The van der Waals surface area contributed by atoms with Crippen LogP contribution in [0.25, 0.3) is 0 Å². The number of halogens is 2. The minimum absolute atomic E-state index is 0.515. The lowest BCUT2D eigenvalue weighted by atomic mass is 10.1. The smallest absolute Gasteiger partial charge is 0.126 e. The molecule has 1 aromatic heterocycles. The first-order valence-electron chi connectivity index (χ1n) is 5.84. The molecule has 2 aromatic rings. The van der Waals surface area contributed by atoms with E-state index in [1.165, 1.54) is 21.9 Å². The molecule has 1 N–H and O–H groups in total. The molecule has 0 atom stereocenters. The molecule has 0 radical (unpaired) electrons. The van der Waals surface area contributed by atoms with E-state index in [9.17, 15) is 8.78 Å². The summed E-state index contributed by atoms with van der Waals surface area (Å²) in [6.45, 7) is 3.58. The highest BCUT2D eigenvalue weighted by atomic mass is 32.1. The van der Waals surface area contributed by atoms with Crippen LogP contribution >= 0.6 is 11.3 Å². The second-order valence-corrected chi connectivity index (χ2v) is 5.59. The molecule has 0 saturated carbocycles. The van der Waals surface area contributed by atoms with Crippen LogP contribution in [-0.2, 0) is 13.0 Å². The number of hydrogen-bond acceptors (Lipinski definition) is 2. The van der Waals surface area contributed by atoms with Gasteiger partial charge in [0.2, 0.25) is 0 Å². The van der Waals surface area contributed by atoms with E-state index in [1.54, 1.807) is 11.3 Å². The van der Waals surface area contributed by atoms with Crippen LogP contribution < -0.4 is 5.32 Å². The van der Waals surface area contributed by atoms with Gasteiger partial charge in [-0.3, -0.25) is 0 Å². The van der Waals surface area contributed by atoms with E-state index in [2.05, 4.69) is 24.4 Å². The molecule has 0 aliphatic heterocycles. The van der Waals surface area contributed by atoms with E-state index in [0.717, 1.165) is 12.6 Å². The van der Waals surface area contributed by atoms with Crippen LogP contribution in [-0.4, -0.2) is 6.54 Å². The van der Waals surface area contributed by atoms with Crippen molar-refractivity contribution in [3.63, 3.8) is 0 Å². The Balaban J connectivity index is 1.78. The number of rotatable bonds is 5. The van der Waals surface area contributed by atoms with Crippen molar-refractivity contribution in [2.45, 2.75) is 19.9 Å². The van der Waals surface area contributed by atoms with Crippen LogP contribution in [0.15, 0.2) is 30.3 Å². The molecule has 0 fully saturated rings. The molecule has 0 aliphatic rings. The van der Waals surface area contributed by atoms with Gasteiger partial charge < -0.3 is 5.32 Å². The summed E-state index contributed by atoms with van der Waals surface area (Å²) in [5.74, 6) is -1.03. The van der Waals surface area contributed by atoms with E-state index in [4.69, 9.17) is 0 Å². The zero-order chi connectivity index (χ0) is 13.0. The molecule has 0 spiro atoms. The monoisotopic (exact) mass is 267 g/mol. The molecule has 96 valence electrons. The summed E-state index contributed by atoms with van der Waals surface area (Å²) in [5, 5.41) is 3.27. The molecular formula is C14H15F2NS. The van der Waals surface area contributed by atoms with Gasteiger partial charge in [-0.1, -0.05) is 0 Å². The number of nitrogens with one attached hydrogen (secondary N) is 1. The normalized spacial score (nSPS) is 10.8. The first kappa shape index (κ1) is 13.2. The largest absolute Gasteiger partial charge is 0.312 e. The Morgan fingerprint density at radius 1 is 1.11 bits per heavy atom. The minimum atomic E-state index is -0.515. The fraction of sp³-hybridized carbons (Fsp3) is 0.286. The molecule has 1 heterocycles. The van der Waals surface area contributed by atoms with Crippen LogP contribution in [0.5, 0.6) is 0 Å². The Labute approximate surface area is 109 Å². The summed E-state index contributed by atoms with van der Waals surface area (Å²) in [6.07, 6.45) is 0.624. The van der Waals surface area contributed by atoms with Gasteiger partial charge in [-0.15, -0.1) is 11.3 Å². The Bertz CT molecular complexity index is 502. The van der Waals surface area contributed by atoms with Crippen molar-refractivity contribution < 1.29 is 8.78 Å². The lowest BCUT2D eigenvalue weighted by Gasteiger charge is -2.04. The van der Waals surface area contributed by atoms with Gasteiger partial charge in [0.15, 0.2) is 0 Å². The third kappa shape index (κ3) is 3.89. The highest BCUT2D eigenvalue weighted by Crippen LogP contribution is 2.14. The molecule has 1 nitrogen and oxygen atoms in total. The van der Waals surface area contributed by atoms with Gasteiger partial charge in [0, 0.05) is 22.4 Å². The van der Waals surface area contributed by atoms with Crippen molar-refractivity contribution in [3.05, 3.63) is 57.3 Å². The minimum Gasteiger partial charge on any atom is -0.312 e. The highest BCUT2D eigenvalue weighted by molar-refractivity contribution is 7.11. The summed E-state index contributed by atoms with van der Waals surface area (Å²) in [4.78, 5) is 2.57. The van der Waals surface area contributed by atoms with Crippen LogP contribution in [0, 0.1) is 18.6 Å². The molecular weight excluding hydrogens is 252 g/mol. The average Bonchev–Trinajstić information content (AvgIpc) is 2.69. The first-order valence-corrected chi connectivity index (χ1v) is 6.66. The molecule has 0 bridgehead atoms.